The number of amides is 2. The molecule has 2 aromatic rings. The minimum absolute atomic E-state index is 0.0359. The molecule has 11 heteroatoms. The number of fused-ring (bicyclic) bond motifs is 1. The summed E-state index contributed by atoms with van der Waals surface area (Å²) < 4.78 is 45.5. The molecule has 1 aliphatic heterocycles. The molecule has 7 nitrogen and oxygen atoms in total. The van der Waals surface area contributed by atoms with Gasteiger partial charge in [-0.2, -0.15) is 18.2 Å². The minimum atomic E-state index is -5.04. The van der Waals surface area contributed by atoms with Gasteiger partial charge < -0.3 is 19.3 Å². The Morgan fingerprint density at radius 2 is 2.00 bits per heavy atom. The van der Waals surface area contributed by atoms with Gasteiger partial charge in [-0.05, 0) is 37.0 Å². The van der Waals surface area contributed by atoms with E-state index in [1.807, 2.05) is 0 Å². The molecule has 152 valence electrons. The van der Waals surface area contributed by atoms with Gasteiger partial charge in [0.05, 0.1) is 17.3 Å². The van der Waals surface area contributed by atoms with E-state index in [1.54, 1.807) is 22.8 Å². The van der Waals surface area contributed by atoms with E-state index in [4.69, 9.17) is 9.84 Å². The zero-order valence-corrected chi connectivity index (χ0v) is 15.7. The molecule has 0 bridgehead atoms. The molecular weight excluding hydrogens is 399 g/mol. The lowest BCUT2D eigenvalue weighted by molar-refractivity contribution is -0.169. The molecule has 1 aromatic carbocycles. The Labute approximate surface area is 161 Å². The van der Waals surface area contributed by atoms with Gasteiger partial charge in [-0.25, -0.2) is 4.79 Å². The van der Waals surface area contributed by atoms with Crippen LogP contribution in [0.3, 0.4) is 0 Å². The molecule has 0 unspecified atom stereocenters. The predicted octanol–water partition coefficient (Wildman–Crippen LogP) is 3.09. The number of ether oxygens (including phenoxy) is 1. The highest BCUT2D eigenvalue weighted by molar-refractivity contribution is 7.16. The van der Waals surface area contributed by atoms with Gasteiger partial charge in [-0.15, -0.1) is 0 Å². The number of halogens is 3. The molecule has 1 N–H and O–H groups in total. The fourth-order valence-corrected chi connectivity index (χ4v) is 4.22. The Balaban J connectivity index is 1.97. The molecule has 0 radical (unpaired) electrons. The standard InChI is InChI=1S/C17H18F3N3O4S/c1-27-11-2-3-12-13(8-11)28-15(21-14(24)17(18,19)20)23(12)9-10-4-6-22(7-5-10)16(25)26/h2-3,8,10H,4-7,9H2,1H3,(H,25,26). The van der Waals surface area contributed by atoms with Gasteiger partial charge >= 0.3 is 18.2 Å². The van der Waals surface area contributed by atoms with Crippen molar-refractivity contribution in [2.24, 2.45) is 10.9 Å². The lowest BCUT2D eigenvalue weighted by atomic mass is 9.97. The average molecular weight is 417 g/mol. The van der Waals surface area contributed by atoms with Crippen LogP contribution in [0.4, 0.5) is 18.0 Å². The number of aromatic nitrogens is 1. The molecule has 3 rings (SSSR count). The Bertz CT molecular complexity index is 959. The largest absolute Gasteiger partial charge is 0.497 e. The number of piperidine rings is 1. The van der Waals surface area contributed by atoms with Gasteiger partial charge in [0.1, 0.15) is 5.75 Å². The Morgan fingerprint density at radius 1 is 1.32 bits per heavy atom. The number of hydrogen-bond acceptors (Lipinski definition) is 4. The van der Waals surface area contributed by atoms with Crippen molar-refractivity contribution in [3.8, 4) is 5.75 Å². The number of carboxylic acid groups (broad SMARTS) is 1. The van der Waals surface area contributed by atoms with E-state index in [0.717, 1.165) is 11.3 Å². The molecule has 1 saturated heterocycles. The first-order chi connectivity index (χ1) is 13.2. The van der Waals surface area contributed by atoms with Gasteiger partial charge in [0.2, 0.25) is 0 Å². The summed E-state index contributed by atoms with van der Waals surface area (Å²) in [5, 5.41) is 9.04. The van der Waals surface area contributed by atoms with Crippen molar-refractivity contribution >= 4 is 33.6 Å². The summed E-state index contributed by atoms with van der Waals surface area (Å²) in [5.74, 6) is -1.54. The summed E-state index contributed by atoms with van der Waals surface area (Å²) in [5.41, 5.74) is 0.653. The number of nitrogens with zero attached hydrogens (tertiary/aromatic N) is 3. The van der Waals surface area contributed by atoms with Crippen LogP contribution in [-0.4, -0.2) is 52.9 Å². The fraction of sp³-hybridized carbons (Fsp3) is 0.471. The monoisotopic (exact) mass is 417 g/mol. The molecule has 0 saturated carbocycles. The number of thiazole rings is 1. The van der Waals surface area contributed by atoms with E-state index >= 15 is 0 Å². The third-order valence-electron chi connectivity index (χ3n) is 4.66. The number of carbonyl (C=O) groups excluding carboxylic acids is 1. The first-order valence-corrected chi connectivity index (χ1v) is 9.32. The quantitative estimate of drug-likeness (QED) is 0.832. The number of rotatable bonds is 3. The van der Waals surface area contributed by atoms with Crippen molar-refractivity contribution in [1.29, 1.82) is 0 Å². The van der Waals surface area contributed by atoms with Gasteiger partial charge in [-0.3, -0.25) is 4.79 Å². The van der Waals surface area contributed by atoms with Gasteiger partial charge in [0.25, 0.3) is 0 Å². The van der Waals surface area contributed by atoms with Crippen molar-refractivity contribution in [2.75, 3.05) is 20.2 Å². The maximum atomic E-state index is 12.7. The average Bonchev–Trinajstić information content (AvgIpc) is 2.97. The predicted molar refractivity (Wildman–Crippen MR) is 95.3 cm³/mol. The van der Waals surface area contributed by atoms with Crippen LogP contribution in [0.15, 0.2) is 23.2 Å². The Morgan fingerprint density at radius 3 is 2.57 bits per heavy atom. The molecule has 0 atom stereocenters. The van der Waals surface area contributed by atoms with E-state index in [9.17, 15) is 22.8 Å². The summed E-state index contributed by atoms with van der Waals surface area (Å²) >= 11 is 0.983. The first kappa shape index (κ1) is 20.2. The smallest absolute Gasteiger partial charge is 0.473 e. The van der Waals surface area contributed by atoms with Crippen LogP contribution in [0.25, 0.3) is 10.2 Å². The number of alkyl halides is 3. The lowest BCUT2D eigenvalue weighted by Crippen LogP contribution is -2.39. The van der Waals surface area contributed by atoms with Crippen molar-refractivity contribution in [1.82, 2.24) is 9.47 Å². The molecule has 1 aliphatic rings. The zero-order valence-electron chi connectivity index (χ0n) is 14.9. The minimum Gasteiger partial charge on any atom is -0.497 e. The summed E-state index contributed by atoms with van der Waals surface area (Å²) in [7, 11) is 1.48. The van der Waals surface area contributed by atoms with E-state index in [-0.39, 0.29) is 10.7 Å². The van der Waals surface area contributed by atoms with Crippen LogP contribution in [0.5, 0.6) is 5.75 Å². The topological polar surface area (TPSA) is 84.1 Å². The van der Waals surface area contributed by atoms with Crippen molar-refractivity contribution in [3.05, 3.63) is 23.0 Å². The van der Waals surface area contributed by atoms with Gasteiger partial charge in [0.15, 0.2) is 4.80 Å². The Hall–Kier alpha value is -2.56. The Kier molecular flexibility index (Phi) is 5.64. The molecule has 28 heavy (non-hydrogen) atoms. The van der Waals surface area contributed by atoms with Crippen LogP contribution in [0.2, 0.25) is 0 Å². The van der Waals surface area contributed by atoms with Crippen LogP contribution in [0, 0.1) is 5.92 Å². The maximum Gasteiger partial charge on any atom is 0.473 e. The molecule has 2 heterocycles. The van der Waals surface area contributed by atoms with Crippen molar-refractivity contribution < 1.29 is 32.6 Å². The third kappa shape index (κ3) is 4.29. The van der Waals surface area contributed by atoms with Crippen molar-refractivity contribution in [2.45, 2.75) is 25.6 Å². The summed E-state index contributed by atoms with van der Waals surface area (Å²) in [6.07, 6.45) is -4.86. The molecule has 0 aliphatic carbocycles. The summed E-state index contributed by atoms with van der Waals surface area (Å²) in [6.45, 7) is 1.08. The highest BCUT2D eigenvalue weighted by atomic mass is 32.1. The molecule has 1 fully saturated rings. The second-order valence-corrected chi connectivity index (χ2v) is 7.47. The third-order valence-corrected chi connectivity index (χ3v) is 5.70. The van der Waals surface area contributed by atoms with E-state index in [1.165, 1.54) is 12.0 Å². The second kappa shape index (κ2) is 7.82. The second-order valence-electron chi connectivity index (χ2n) is 6.46. The van der Waals surface area contributed by atoms with Gasteiger partial charge in [-0.1, -0.05) is 11.3 Å². The zero-order chi connectivity index (χ0) is 20.5. The molecule has 0 spiro atoms. The molecule has 1 aromatic heterocycles. The molecular formula is C17H18F3N3O4S. The number of carbonyl (C=O) groups is 2. The molecule has 2 amide bonds. The number of likely N-dealkylation sites (tertiary alicyclic amines) is 1. The number of methoxy groups -OCH3 is 1. The normalized spacial score (nSPS) is 16.6. The SMILES string of the molecule is COc1ccc2c(c1)sc(=NC(=O)C(F)(F)F)n2CC1CCN(C(=O)O)CC1. The van der Waals surface area contributed by atoms with Crippen LogP contribution < -0.4 is 9.54 Å². The summed E-state index contributed by atoms with van der Waals surface area (Å²) in [6, 6.07) is 5.09. The van der Waals surface area contributed by atoms with Crippen LogP contribution in [-0.2, 0) is 11.3 Å². The maximum absolute atomic E-state index is 12.7. The fourth-order valence-electron chi connectivity index (χ4n) is 3.16. The van der Waals surface area contributed by atoms with E-state index < -0.39 is 18.2 Å². The number of hydrogen-bond donors (Lipinski definition) is 1. The highest BCUT2D eigenvalue weighted by Crippen LogP contribution is 2.26. The van der Waals surface area contributed by atoms with Crippen LogP contribution >= 0.6 is 11.3 Å². The lowest BCUT2D eigenvalue weighted by Gasteiger charge is -2.30. The van der Waals surface area contributed by atoms with E-state index in [0.29, 0.717) is 48.4 Å². The first-order valence-electron chi connectivity index (χ1n) is 8.50. The van der Waals surface area contributed by atoms with Gasteiger partial charge in [0, 0.05) is 19.6 Å². The summed E-state index contributed by atoms with van der Waals surface area (Å²) in [4.78, 5) is 27.0. The number of benzene rings is 1. The van der Waals surface area contributed by atoms with E-state index in [2.05, 4.69) is 4.99 Å². The highest BCUT2D eigenvalue weighted by Gasteiger charge is 2.38. The van der Waals surface area contributed by atoms with Crippen molar-refractivity contribution in [3.63, 3.8) is 0 Å². The van der Waals surface area contributed by atoms with Crippen LogP contribution in [0.1, 0.15) is 12.8 Å².